The number of benzene rings is 2. The maximum atomic E-state index is 14.1. The molecule has 0 spiro atoms. The third kappa shape index (κ3) is 3.62. The topological polar surface area (TPSA) is 41.6 Å². The average Bonchev–Trinajstić information content (AvgIpc) is 3.12. The molecule has 1 N–H and O–H groups in total. The van der Waals surface area contributed by atoms with E-state index in [1.807, 2.05) is 12.1 Å². The Labute approximate surface area is 168 Å². The Balaban J connectivity index is 1.27. The Morgan fingerprint density at radius 2 is 1.90 bits per heavy atom. The summed E-state index contributed by atoms with van der Waals surface area (Å²) in [5.41, 5.74) is 2.98. The Morgan fingerprint density at radius 1 is 1.07 bits per heavy atom. The summed E-state index contributed by atoms with van der Waals surface area (Å²) in [4.78, 5) is 14.8. The van der Waals surface area contributed by atoms with Gasteiger partial charge in [-0.25, -0.2) is 13.6 Å². The Kier molecular flexibility index (Phi) is 4.74. The van der Waals surface area contributed by atoms with Crippen molar-refractivity contribution in [2.75, 3.05) is 19.6 Å². The van der Waals surface area contributed by atoms with Gasteiger partial charge in [0.15, 0.2) is 0 Å². The van der Waals surface area contributed by atoms with Crippen molar-refractivity contribution < 1.29 is 18.3 Å². The molecular weight excluding hydrogens is 374 g/mol. The van der Waals surface area contributed by atoms with Gasteiger partial charge in [-0.2, -0.15) is 0 Å². The summed E-state index contributed by atoms with van der Waals surface area (Å²) in [6.07, 6.45) is 3.39. The zero-order valence-corrected chi connectivity index (χ0v) is 16.2. The molecule has 2 atom stereocenters. The summed E-state index contributed by atoms with van der Waals surface area (Å²) in [7, 11) is 0. The van der Waals surface area contributed by atoms with Crippen LogP contribution in [0.2, 0.25) is 0 Å². The SMILES string of the molecule is O=C(NC1CCc2cc(-c3cc(F)ccc3F)ccc21)O[C@@H]1CN2CCC1CC2. The first-order chi connectivity index (χ1) is 14.1. The Hall–Kier alpha value is -2.47. The molecule has 0 radical (unpaired) electrons. The van der Waals surface area contributed by atoms with Crippen LogP contribution in [-0.2, 0) is 11.2 Å². The molecule has 1 unspecified atom stereocenters. The van der Waals surface area contributed by atoms with Crippen LogP contribution in [0, 0.1) is 17.6 Å². The standard InChI is InChI=1S/C23H24F2N2O2/c24-17-3-5-20(25)19(12-17)16-1-4-18-15(11-16)2-6-21(18)26-23(28)29-22-13-27-9-7-14(22)8-10-27/h1,3-5,11-12,14,21-22H,2,6-10,13H2,(H,26,28)/t21?,22-/m1/s1. The number of piperidine rings is 3. The normalized spacial score (nSPS) is 27.5. The van der Waals surface area contributed by atoms with E-state index in [0.717, 1.165) is 68.6 Å². The van der Waals surface area contributed by atoms with E-state index in [1.165, 1.54) is 6.07 Å². The lowest BCUT2D eigenvalue weighted by Crippen LogP contribution is -2.52. The molecule has 4 nitrogen and oxygen atoms in total. The summed E-state index contributed by atoms with van der Waals surface area (Å²) >= 11 is 0. The molecule has 1 amide bonds. The number of rotatable bonds is 3. The van der Waals surface area contributed by atoms with Crippen molar-refractivity contribution >= 4 is 6.09 Å². The van der Waals surface area contributed by atoms with Gasteiger partial charge in [-0.15, -0.1) is 0 Å². The molecule has 2 bridgehead atoms. The van der Waals surface area contributed by atoms with Crippen molar-refractivity contribution in [3.8, 4) is 11.1 Å². The van der Waals surface area contributed by atoms with Crippen molar-refractivity contribution in [1.29, 1.82) is 0 Å². The maximum absolute atomic E-state index is 14.1. The van der Waals surface area contributed by atoms with E-state index < -0.39 is 11.6 Å². The first-order valence-corrected chi connectivity index (χ1v) is 10.3. The summed E-state index contributed by atoms with van der Waals surface area (Å²) in [5.74, 6) is -0.428. The highest BCUT2D eigenvalue weighted by Crippen LogP contribution is 2.35. The number of alkyl carbamates (subject to hydrolysis) is 1. The molecule has 0 aromatic heterocycles. The summed E-state index contributed by atoms with van der Waals surface area (Å²) in [6.45, 7) is 3.05. The van der Waals surface area contributed by atoms with Gasteiger partial charge in [0.05, 0.1) is 6.04 Å². The van der Waals surface area contributed by atoms with Gasteiger partial charge in [-0.3, -0.25) is 4.90 Å². The third-order valence-corrected chi connectivity index (χ3v) is 6.61. The van der Waals surface area contributed by atoms with Gasteiger partial charge in [0.1, 0.15) is 17.7 Å². The molecule has 6 heteroatoms. The van der Waals surface area contributed by atoms with E-state index in [9.17, 15) is 13.6 Å². The number of aryl methyl sites for hydroxylation is 1. The Morgan fingerprint density at radius 3 is 2.66 bits per heavy atom. The molecule has 1 aliphatic carbocycles. The quantitative estimate of drug-likeness (QED) is 0.831. The first-order valence-electron chi connectivity index (χ1n) is 10.3. The van der Waals surface area contributed by atoms with E-state index in [0.29, 0.717) is 11.5 Å². The summed E-state index contributed by atoms with van der Waals surface area (Å²) < 4.78 is 33.4. The molecule has 29 heavy (non-hydrogen) atoms. The predicted octanol–water partition coefficient (Wildman–Crippen LogP) is 4.44. The number of hydrogen-bond donors (Lipinski definition) is 1. The van der Waals surface area contributed by atoms with Crippen LogP contribution in [0.15, 0.2) is 36.4 Å². The highest BCUT2D eigenvalue weighted by Gasteiger charge is 2.37. The number of amides is 1. The molecule has 3 fully saturated rings. The third-order valence-electron chi connectivity index (χ3n) is 6.61. The fourth-order valence-corrected chi connectivity index (χ4v) is 5.01. The van der Waals surface area contributed by atoms with Crippen LogP contribution in [0.3, 0.4) is 0 Å². The number of fused-ring (bicyclic) bond motifs is 4. The summed E-state index contributed by atoms with van der Waals surface area (Å²) in [6, 6.07) is 8.96. The van der Waals surface area contributed by atoms with Crippen LogP contribution in [0.1, 0.15) is 36.4 Å². The zero-order chi connectivity index (χ0) is 20.0. The lowest BCUT2D eigenvalue weighted by atomic mass is 9.86. The van der Waals surface area contributed by atoms with Crippen LogP contribution in [0.4, 0.5) is 13.6 Å². The number of ether oxygens (including phenoxy) is 1. The maximum Gasteiger partial charge on any atom is 0.407 e. The number of nitrogens with zero attached hydrogens (tertiary/aromatic N) is 1. The molecular formula is C23H24F2N2O2. The monoisotopic (exact) mass is 398 g/mol. The van der Waals surface area contributed by atoms with E-state index in [-0.39, 0.29) is 23.8 Å². The van der Waals surface area contributed by atoms with Crippen molar-refractivity contribution in [2.24, 2.45) is 5.92 Å². The highest BCUT2D eigenvalue weighted by molar-refractivity contribution is 5.70. The second-order valence-electron chi connectivity index (χ2n) is 8.36. The molecule has 3 heterocycles. The van der Waals surface area contributed by atoms with Crippen molar-refractivity contribution in [1.82, 2.24) is 10.2 Å². The molecule has 3 aliphatic heterocycles. The molecule has 4 aliphatic rings. The minimum Gasteiger partial charge on any atom is -0.445 e. The van der Waals surface area contributed by atoms with Crippen LogP contribution in [0.25, 0.3) is 11.1 Å². The van der Waals surface area contributed by atoms with Gasteiger partial charge in [-0.05, 0) is 79.6 Å². The molecule has 3 saturated heterocycles. The van der Waals surface area contributed by atoms with Gasteiger partial charge in [0.2, 0.25) is 0 Å². The van der Waals surface area contributed by atoms with Crippen LogP contribution in [-0.4, -0.2) is 36.7 Å². The van der Waals surface area contributed by atoms with Gasteiger partial charge < -0.3 is 10.1 Å². The number of nitrogens with one attached hydrogen (secondary N) is 1. The molecule has 2 aromatic carbocycles. The Bertz CT molecular complexity index is 940. The highest BCUT2D eigenvalue weighted by atomic mass is 19.1. The van der Waals surface area contributed by atoms with Crippen molar-refractivity contribution in [3.63, 3.8) is 0 Å². The second kappa shape index (κ2) is 7.41. The number of hydrogen-bond acceptors (Lipinski definition) is 3. The fraction of sp³-hybridized carbons (Fsp3) is 0.435. The minimum atomic E-state index is -0.461. The number of halogens is 2. The van der Waals surface area contributed by atoms with Gasteiger partial charge >= 0.3 is 6.09 Å². The smallest absolute Gasteiger partial charge is 0.407 e. The molecule has 152 valence electrons. The van der Waals surface area contributed by atoms with Crippen LogP contribution in [0.5, 0.6) is 0 Å². The molecule has 6 rings (SSSR count). The molecule has 2 aromatic rings. The van der Waals surface area contributed by atoms with Crippen LogP contribution < -0.4 is 5.32 Å². The van der Waals surface area contributed by atoms with Gasteiger partial charge in [0.25, 0.3) is 0 Å². The van der Waals surface area contributed by atoms with Gasteiger partial charge in [0, 0.05) is 12.1 Å². The zero-order valence-electron chi connectivity index (χ0n) is 16.2. The minimum absolute atomic E-state index is 0.0169. The van der Waals surface area contributed by atoms with Gasteiger partial charge in [-0.1, -0.05) is 18.2 Å². The molecule has 0 saturated carbocycles. The van der Waals surface area contributed by atoms with Crippen LogP contribution >= 0.6 is 0 Å². The van der Waals surface area contributed by atoms with Crippen molar-refractivity contribution in [3.05, 3.63) is 59.2 Å². The number of carbonyl (C=O) groups excluding carboxylic acids is 1. The lowest BCUT2D eigenvalue weighted by molar-refractivity contribution is -0.0339. The predicted molar refractivity (Wildman–Crippen MR) is 105 cm³/mol. The average molecular weight is 398 g/mol. The van der Waals surface area contributed by atoms with E-state index in [2.05, 4.69) is 10.2 Å². The summed E-state index contributed by atoms with van der Waals surface area (Å²) in [5, 5.41) is 3.01. The van der Waals surface area contributed by atoms with E-state index in [1.54, 1.807) is 6.07 Å². The lowest BCUT2D eigenvalue weighted by Gasteiger charge is -2.43. The van der Waals surface area contributed by atoms with E-state index in [4.69, 9.17) is 4.74 Å². The van der Waals surface area contributed by atoms with E-state index >= 15 is 0 Å². The fourth-order valence-electron chi connectivity index (χ4n) is 5.01. The largest absolute Gasteiger partial charge is 0.445 e. The van der Waals surface area contributed by atoms with Crippen molar-refractivity contribution in [2.45, 2.75) is 37.8 Å². The number of carbonyl (C=O) groups is 1. The second-order valence-corrected chi connectivity index (χ2v) is 8.36. The first kappa shape index (κ1) is 18.6.